The van der Waals surface area contributed by atoms with Gasteiger partial charge in [-0.2, -0.15) is 0 Å². The number of phenolic OH excluding ortho intramolecular Hbond substituents is 1. The van der Waals surface area contributed by atoms with E-state index >= 15 is 0 Å². The molecule has 0 amide bonds. The van der Waals surface area contributed by atoms with Crippen LogP contribution >= 0.6 is 0 Å². The molecule has 0 aliphatic carbocycles. The van der Waals surface area contributed by atoms with Gasteiger partial charge in [0.25, 0.3) is 10.0 Å². The predicted octanol–water partition coefficient (Wildman–Crippen LogP) is 3.72. The summed E-state index contributed by atoms with van der Waals surface area (Å²) in [5, 5.41) is 15.8. The molecule has 0 bridgehead atoms. The van der Waals surface area contributed by atoms with Crippen molar-refractivity contribution in [3.8, 4) is 5.75 Å². The number of nitrogens with zero attached hydrogens (tertiary/aromatic N) is 1. The molecule has 0 heterocycles. The van der Waals surface area contributed by atoms with Crippen molar-refractivity contribution < 1.29 is 21.9 Å². The van der Waals surface area contributed by atoms with Crippen molar-refractivity contribution >= 4 is 42.2 Å². The fourth-order valence-electron chi connectivity index (χ4n) is 3.31. The molecule has 0 fully saturated rings. The number of rotatable bonds is 5. The van der Waals surface area contributed by atoms with Crippen LogP contribution in [0.5, 0.6) is 5.75 Å². The average molecular weight is 455 g/mol. The molecule has 0 radical (unpaired) electrons. The minimum atomic E-state index is -4.33. The summed E-state index contributed by atoms with van der Waals surface area (Å²) >= 11 is 0. The Bertz CT molecular complexity index is 1430. The highest BCUT2D eigenvalue weighted by Gasteiger charge is 2.30. The van der Waals surface area contributed by atoms with E-state index in [4.69, 9.17) is 5.14 Å². The van der Waals surface area contributed by atoms with Gasteiger partial charge >= 0.3 is 0 Å². The summed E-state index contributed by atoms with van der Waals surface area (Å²) in [6.07, 6.45) is 0. The summed E-state index contributed by atoms with van der Waals surface area (Å²) in [7, 11) is -8.52. The number of anilines is 2. The molecule has 158 valence electrons. The second kappa shape index (κ2) is 7.69. The van der Waals surface area contributed by atoms with Crippen LogP contribution in [0.15, 0.2) is 101 Å². The molecule has 3 N–H and O–H groups in total. The molecule has 4 rings (SSSR count). The first-order valence-electron chi connectivity index (χ1n) is 9.13. The summed E-state index contributed by atoms with van der Waals surface area (Å²) in [6, 6.07) is 23.2. The van der Waals surface area contributed by atoms with Crippen molar-refractivity contribution in [3.63, 3.8) is 0 Å². The van der Waals surface area contributed by atoms with Crippen molar-refractivity contribution in [2.45, 2.75) is 9.79 Å². The van der Waals surface area contributed by atoms with Crippen LogP contribution in [-0.2, 0) is 20.0 Å². The number of phenols is 1. The first kappa shape index (κ1) is 20.9. The molecule has 0 spiro atoms. The fraction of sp³-hybridized carbons (Fsp3) is 0. The van der Waals surface area contributed by atoms with Crippen LogP contribution in [0.3, 0.4) is 0 Å². The van der Waals surface area contributed by atoms with Crippen LogP contribution < -0.4 is 9.44 Å². The van der Waals surface area contributed by atoms with Gasteiger partial charge in [-0.3, -0.25) is 0 Å². The Morgan fingerprint density at radius 2 is 1.26 bits per heavy atom. The third-order valence-electron chi connectivity index (χ3n) is 4.70. The van der Waals surface area contributed by atoms with E-state index in [-0.39, 0.29) is 20.9 Å². The van der Waals surface area contributed by atoms with Crippen molar-refractivity contribution in [2.75, 3.05) is 4.31 Å². The number of para-hydroxylation sites is 2. The maximum absolute atomic E-state index is 13.9. The van der Waals surface area contributed by atoms with Gasteiger partial charge in [-0.05, 0) is 53.9 Å². The molecular weight excluding hydrogens is 436 g/mol. The molecule has 0 saturated carbocycles. The number of sulfonamides is 2. The Kier molecular flexibility index (Phi) is 5.18. The molecule has 9 heteroatoms. The standard InChI is InChI=1S/C22H18N2O5S2/c23-30(26,27)20-13-16-11-12-19(25)14-21(16)22(15-20)31(28,29)24(17-7-3-1-4-8-17)18-9-5-2-6-10-18/h1-15,25H,(H2,23,26,27). The quantitative estimate of drug-likeness (QED) is 0.477. The highest BCUT2D eigenvalue weighted by molar-refractivity contribution is 7.93. The molecule has 0 atom stereocenters. The van der Waals surface area contributed by atoms with Gasteiger partial charge in [-0.1, -0.05) is 42.5 Å². The van der Waals surface area contributed by atoms with Gasteiger partial charge in [0.15, 0.2) is 0 Å². The number of benzene rings is 4. The minimum Gasteiger partial charge on any atom is -0.508 e. The second-order valence-electron chi connectivity index (χ2n) is 6.81. The Balaban J connectivity index is 2.08. The van der Waals surface area contributed by atoms with Crippen LogP contribution in [0.1, 0.15) is 0 Å². The van der Waals surface area contributed by atoms with Gasteiger partial charge in [0.05, 0.1) is 21.2 Å². The third-order valence-corrected chi connectivity index (χ3v) is 7.39. The summed E-state index contributed by atoms with van der Waals surface area (Å²) < 4.78 is 53.1. The van der Waals surface area contributed by atoms with Crippen LogP contribution in [0.2, 0.25) is 0 Å². The molecule has 4 aromatic rings. The molecule has 0 aromatic heterocycles. The first-order valence-corrected chi connectivity index (χ1v) is 12.1. The fourth-order valence-corrected chi connectivity index (χ4v) is 5.69. The molecule has 31 heavy (non-hydrogen) atoms. The lowest BCUT2D eigenvalue weighted by molar-refractivity contribution is 0.476. The maximum Gasteiger partial charge on any atom is 0.269 e. The zero-order valence-electron chi connectivity index (χ0n) is 16.1. The average Bonchev–Trinajstić information content (AvgIpc) is 2.73. The lowest BCUT2D eigenvalue weighted by atomic mass is 10.1. The van der Waals surface area contributed by atoms with E-state index in [2.05, 4.69) is 0 Å². The number of primary sulfonamides is 1. The molecule has 0 aliphatic rings. The number of aromatic hydroxyl groups is 1. The smallest absolute Gasteiger partial charge is 0.269 e. The normalized spacial score (nSPS) is 12.0. The van der Waals surface area contributed by atoms with Crippen LogP contribution in [0, 0.1) is 0 Å². The molecule has 7 nitrogen and oxygen atoms in total. The Hall–Kier alpha value is -3.40. The van der Waals surface area contributed by atoms with Crippen LogP contribution in [0.4, 0.5) is 11.4 Å². The van der Waals surface area contributed by atoms with Gasteiger partial charge in [-0.25, -0.2) is 26.3 Å². The van der Waals surface area contributed by atoms with Gasteiger partial charge in [0.2, 0.25) is 10.0 Å². The van der Waals surface area contributed by atoms with Gasteiger partial charge in [0.1, 0.15) is 5.75 Å². The summed E-state index contributed by atoms with van der Waals surface area (Å²) in [5.74, 6) is -0.154. The highest BCUT2D eigenvalue weighted by atomic mass is 32.2. The van der Waals surface area contributed by atoms with E-state index in [1.807, 2.05) is 0 Å². The molecule has 0 saturated heterocycles. The number of nitrogens with two attached hydrogens (primary N) is 1. The Morgan fingerprint density at radius 3 is 1.77 bits per heavy atom. The zero-order valence-corrected chi connectivity index (χ0v) is 17.7. The highest BCUT2D eigenvalue weighted by Crippen LogP contribution is 2.37. The van der Waals surface area contributed by atoms with E-state index in [0.717, 1.165) is 10.4 Å². The van der Waals surface area contributed by atoms with Gasteiger partial charge in [0, 0.05) is 5.39 Å². The molecule has 4 aromatic carbocycles. The Labute approximate surface area is 180 Å². The van der Waals surface area contributed by atoms with E-state index in [1.165, 1.54) is 24.3 Å². The number of fused-ring (bicyclic) bond motifs is 1. The zero-order chi connectivity index (χ0) is 22.2. The van der Waals surface area contributed by atoms with Crippen LogP contribution in [0.25, 0.3) is 10.8 Å². The van der Waals surface area contributed by atoms with Crippen molar-refractivity contribution in [3.05, 3.63) is 91.0 Å². The third kappa shape index (κ3) is 3.98. The largest absolute Gasteiger partial charge is 0.508 e. The first-order chi connectivity index (χ1) is 14.7. The SMILES string of the molecule is NS(=O)(=O)c1cc(S(=O)(=O)N(c2ccccc2)c2ccccc2)c2cc(O)ccc2c1. The summed E-state index contributed by atoms with van der Waals surface area (Å²) in [5.41, 5.74) is 0.728. The molecule has 0 unspecified atom stereocenters. The van der Waals surface area contributed by atoms with E-state index in [1.54, 1.807) is 60.7 Å². The number of hydrogen-bond donors (Lipinski definition) is 2. The van der Waals surface area contributed by atoms with Crippen molar-refractivity contribution in [1.82, 2.24) is 0 Å². The molecule has 0 aliphatic heterocycles. The van der Waals surface area contributed by atoms with Crippen molar-refractivity contribution in [2.24, 2.45) is 5.14 Å². The maximum atomic E-state index is 13.9. The van der Waals surface area contributed by atoms with Gasteiger partial charge in [-0.15, -0.1) is 0 Å². The summed E-state index contributed by atoms with van der Waals surface area (Å²) in [4.78, 5) is -0.636. The predicted molar refractivity (Wildman–Crippen MR) is 119 cm³/mol. The lowest BCUT2D eigenvalue weighted by Crippen LogP contribution is -2.27. The number of hydrogen-bond acceptors (Lipinski definition) is 5. The summed E-state index contributed by atoms with van der Waals surface area (Å²) in [6.45, 7) is 0. The lowest BCUT2D eigenvalue weighted by Gasteiger charge is -2.25. The van der Waals surface area contributed by atoms with E-state index < -0.39 is 20.0 Å². The Morgan fingerprint density at radius 1 is 0.710 bits per heavy atom. The minimum absolute atomic E-state index is 0.154. The molecular formula is C22H18N2O5S2. The van der Waals surface area contributed by atoms with Crippen molar-refractivity contribution in [1.29, 1.82) is 0 Å². The topological polar surface area (TPSA) is 118 Å². The monoisotopic (exact) mass is 454 g/mol. The van der Waals surface area contributed by atoms with Crippen LogP contribution in [-0.4, -0.2) is 21.9 Å². The van der Waals surface area contributed by atoms with E-state index in [9.17, 15) is 21.9 Å². The van der Waals surface area contributed by atoms with E-state index in [0.29, 0.717) is 16.8 Å². The second-order valence-corrected chi connectivity index (χ2v) is 10.1. The van der Waals surface area contributed by atoms with Gasteiger partial charge < -0.3 is 5.11 Å².